The lowest BCUT2D eigenvalue weighted by atomic mass is 9.99. The second-order valence-corrected chi connectivity index (χ2v) is 16.0. The minimum Gasteiger partial charge on any atom is -0.309 e. The van der Waals surface area contributed by atoms with Crippen molar-refractivity contribution in [1.29, 1.82) is 5.26 Å². The van der Waals surface area contributed by atoms with E-state index in [-0.39, 0.29) is 0 Å². The van der Waals surface area contributed by atoms with Crippen LogP contribution in [0.1, 0.15) is 5.56 Å². The van der Waals surface area contributed by atoms with E-state index >= 15 is 0 Å². The van der Waals surface area contributed by atoms with Crippen LogP contribution in [0.5, 0.6) is 0 Å². The molecule has 3 aromatic heterocycles. The van der Waals surface area contributed by atoms with Crippen molar-refractivity contribution in [2.24, 2.45) is 0 Å². The molecule has 0 saturated carbocycles. The highest BCUT2D eigenvalue weighted by atomic mass is 15.1. The molecule has 0 atom stereocenters. The lowest BCUT2D eigenvalue weighted by molar-refractivity contribution is 1.06. The van der Waals surface area contributed by atoms with Crippen LogP contribution < -0.4 is 0 Å². The van der Waals surface area contributed by atoms with Crippen LogP contribution >= 0.6 is 0 Å². The number of fused-ring (bicyclic) bond motifs is 6. The van der Waals surface area contributed by atoms with Crippen LogP contribution in [0, 0.1) is 11.3 Å². The molecular weight excluding hydrogens is 781 g/mol. The van der Waals surface area contributed by atoms with Gasteiger partial charge in [0.1, 0.15) is 0 Å². The molecule has 3 heterocycles. The first-order valence-corrected chi connectivity index (χ1v) is 21.3. The van der Waals surface area contributed by atoms with E-state index in [1.54, 1.807) is 0 Å². The number of benzene rings is 9. The van der Waals surface area contributed by atoms with Crippen molar-refractivity contribution < 1.29 is 0 Å². The van der Waals surface area contributed by atoms with Gasteiger partial charge < -0.3 is 9.13 Å². The van der Waals surface area contributed by atoms with Crippen LogP contribution in [-0.2, 0) is 0 Å². The van der Waals surface area contributed by atoms with Crippen LogP contribution in [0.25, 0.3) is 111 Å². The third-order valence-corrected chi connectivity index (χ3v) is 12.2. The molecule has 0 unspecified atom stereocenters. The molecule has 12 aromatic rings. The summed E-state index contributed by atoms with van der Waals surface area (Å²) in [6.07, 6.45) is 0. The van der Waals surface area contributed by atoms with Gasteiger partial charge in [-0.3, -0.25) is 0 Å². The second kappa shape index (κ2) is 15.2. The van der Waals surface area contributed by atoms with Crippen molar-refractivity contribution in [3.8, 4) is 73.9 Å². The average molecular weight is 817 g/mol. The second-order valence-electron chi connectivity index (χ2n) is 16.0. The van der Waals surface area contributed by atoms with Gasteiger partial charge in [0.25, 0.3) is 0 Å². The Hall–Kier alpha value is -8.92. The van der Waals surface area contributed by atoms with Crippen molar-refractivity contribution in [2.75, 3.05) is 0 Å². The number of aromatic nitrogens is 5. The Labute approximate surface area is 369 Å². The highest BCUT2D eigenvalue weighted by Crippen LogP contribution is 2.41. The fraction of sp³-hybridized carbons (Fsp3) is 0. The predicted molar refractivity (Wildman–Crippen MR) is 260 cm³/mol. The van der Waals surface area contributed by atoms with E-state index in [9.17, 15) is 5.26 Å². The van der Waals surface area contributed by atoms with Crippen molar-refractivity contribution >= 4 is 43.6 Å². The fourth-order valence-corrected chi connectivity index (χ4v) is 9.20. The summed E-state index contributed by atoms with van der Waals surface area (Å²) < 4.78 is 4.69. The first-order chi connectivity index (χ1) is 31.7. The molecule has 0 aliphatic rings. The summed E-state index contributed by atoms with van der Waals surface area (Å²) in [7, 11) is 0. The SMILES string of the molecule is N#Cc1cccc(-c2ccc3c(c2)c2ccccc2n3-c2ccc(-c3ccc4c5ccccc5n(-c5ccccc5)c4c3)cc2-c2nc(-c3ccccc3)nc(-c3ccccc3)n2)c1. The summed E-state index contributed by atoms with van der Waals surface area (Å²) >= 11 is 0. The third kappa shape index (κ3) is 6.22. The largest absolute Gasteiger partial charge is 0.309 e. The molecule has 0 aliphatic heterocycles. The summed E-state index contributed by atoms with van der Waals surface area (Å²) in [5.41, 5.74) is 13.9. The Morgan fingerprint density at radius 3 is 1.53 bits per heavy atom. The zero-order valence-corrected chi connectivity index (χ0v) is 34.5. The Morgan fingerprint density at radius 1 is 0.328 bits per heavy atom. The highest BCUT2D eigenvalue weighted by Gasteiger charge is 2.22. The van der Waals surface area contributed by atoms with E-state index in [2.05, 4.69) is 155 Å². The van der Waals surface area contributed by atoms with Gasteiger partial charge in [-0.05, 0) is 89.0 Å². The zero-order chi connectivity index (χ0) is 42.6. The van der Waals surface area contributed by atoms with E-state index in [0.29, 0.717) is 23.0 Å². The Balaban J connectivity index is 1.13. The van der Waals surface area contributed by atoms with E-state index < -0.39 is 0 Å². The molecule has 0 aliphatic carbocycles. The molecule has 0 radical (unpaired) electrons. The summed E-state index contributed by atoms with van der Waals surface area (Å²) in [4.78, 5) is 15.7. The molecule has 0 amide bonds. The smallest absolute Gasteiger partial charge is 0.166 e. The third-order valence-electron chi connectivity index (χ3n) is 12.2. The van der Waals surface area contributed by atoms with Crippen LogP contribution in [-0.4, -0.2) is 24.1 Å². The monoisotopic (exact) mass is 816 g/mol. The van der Waals surface area contributed by atoms with Gasteiger partial charge in [0.05, 0.1) is 39.4 Å². The van der Waals surface area contributed by atoms with Crippen molar-refractivity contribution in [1.82, 2.24) is 24.1 Å². The summed E-state index contributed by atoms with van der Waals surface area (Å²) in [5, 5.41) is 14.3. The molecule has 0 spiro atoms. The molecule has 0 saturated heterocycles. The maximum atomic E-state index is 9.69. The number of hydrogen-bond acceptors (Lipinski definition) is 4. The Kier molecular flexibility index (Phi) is 8.77. The molecule has 298 valence electrons. The van der Waals surface area contributed by atoms with Gasteiger partial charge in [-0.15, -0.1) is 0 Å². The van der Waals surface area contributed by atoms with Crippen LogP contribution in [0.2, 0.25) is 0 Å². The zero-order valence-electron chi connectivity index (χ0n) is 34.5. The minimum atomic E-state index is 0.569. The maximum absolute atomic E-state index is 9.69. The van der Waals surface area contributed by atoms with Crippen molar-refractivity contribution in [2.45, 2.75) is 0 Å². The van der Waals surface area contributed by atoms with Gasteiger partial charge >= 0.3 is 0 Å². The Bertz CT molecular complexity index is 3730. The van der Waals surface area contributed by atoms with Crippen LogP contribution in [0.15, 0.2) is 218 Å². The molecule has 6 heteroatoms. The van der Waals surface area contributed by atoms with Gasteiger partial charge in [-0.1, -0.05) is 152 Å². The minimum absolute atomic E-state index is 0.569. The van der Waals surface area contributed by atoms with Crippen molar-refractivity contribution in [3.63, 3.8) is 0 Å². The van der Waals surface area contributed by atoms with Gasteiger partial charge in [0, 0.05) is 43.9 Å². The quantitative estimate of drug-likeness (QED) is 0.161. The van der Waals surface area contributed by atoms with Gasteiger partial charge in [0.2, 0.25) is 0 Å². The number of nitriles is 1. The number of hydrogen-bond donors (Lipinski definition) is 0. The average Bonchev–Trinajstić information content (AvgIpc) is 3.89. The van der Waals surface area contributed by atoms with Crippen molar-refractivity contribution in [3.05, 3.63) is 224 Å². The van der Waals surface area contributed by atoms with Crippen LogP contribution in [0.4, 0.5) is 0 Å². The van der Waals surface area contributed by atoms with E-state index in [1.807, 2.05) is 78.9 Å². The van der Waals surface area contributed by atoms with E-state index in [4.69, 9.17) is 15.0 Å². The van der Waals surface area contributed by atoms with E-state index in [1.165, 1.54) is 10.8 Å². The number of rotatable bonds is 7. The molecule has 9 aromatic carbocycles. The topological polar surface area (TPSA) is 72.3 Å². The molecule has 0 fully saturated rings. The number of nitrogens with zero attached hydrogens (tertiary/aromatic N) is 6. The lowest BCUT2D eigenvalue weighted by Crippen LogP contribution is -2.04. The first kappa shape index (κ1) is 36.9. The summed E-state index contributed by atoms with van der Waals surface area (Å²) in [6.45, 7) is 0. The maximum Gasteiger partial charge on any atom is 0.166 e. The van der Waals surface area contributed by atoms with Gasteiger partial charge in [-0.2, -0.15) is 5.26 Å². The molecule has 6 nitrogen and oxygen atoms in total. The molecule has 64 heavy (non-hydrogen) atoms. The number of para-hydroxylation sites is 3. The summed E-state index contributed by atoms with van der Waals surface area (Å²) in [5.74, 6) is 1.77. The lowest BCUT2D eigenvalue weighted by Gasteiger charge is -2.17. The summed E-state index contributed by atoms with van der Waals surface area (Å²) in [6, 6.07) is 78.1. The standard InChI is InChI=1S/C58H36N6/c59-37-38-15-14-20-41(33-38)42-28-31-53-49(34-42)47-24-11-13-26-52(47)64(53)54-32-29-43(44-27-30-48-46-23-10-12-25-51(46)63(55(48)36-44)45-21-8-3-9-22-45)35-50(54)58-61-56(39-16-4-1-5-17-39)60-57(62-58)40-18-6-2-7-19-40/h1-36H. The Morgan fingerprint density at radius 2 is 0.828 bits per heavy atom. The molecular formula is C58H36N6. The van der Waals surface area contributed by atoms with Gasteiger partial charge in [0.15, 0.2) is 17.5 Å². The van der Waals surface area contributed by atoms with Gasteiger partial charge in [-0.25, -0.2) is 15.0 Å². The highest BCUT2D eigenvalue weighted by molar-refractivity contribution is 6.12. The fourth-order valence-electron chi connectivity index (χ4n) is 9.20. The normalized spacial score (nSPS) is 11.4. The first-order valence-electron chi connectivity index (χ1n) is 21.3. The molecule has 0 bridgehead atoms. The predicted octanol–water partition coefficient (Wildman–Crippen LogP) is 14.3. The van der Waals surface area contributed by atoms with Crippen LogP contribution in [0.3, 0.4) is 0 Å². The molecule has 0 N–H and O–H groups in total. The van der Waals surface area contributed by atoms with E-state index in [0.717, 1.165) is 83.2 Å². The molecule has 12 rings (SSSR count).